The lowest BCUT2D eigenvalue weighted by molar-refractivity contribution is 1.26. The summed E-state index contributed by atoms with van der Waals surface area (Å²) in [5, 5.41) is 1.06. The molecule has 0 atom stereocenters. The molecule has 1 aromatic heterocycles. The molecule has 3 rings (SSSR count). The van der Waals surface area contributed by atoms with Crippen LogP contribution in [-0.2, 0) is 6.42 Å². The summed E-state index contributed by atoms with van der Waals surface area (Å²) < 4.78 is 5.48. The van der Waals surface area contributed by atoms with Crippen molar-refractivity contribution in [1.82, 2.24) is 4.37 Å². The van der Waals surface area contributed by atoms with E-state index in [9.17, 15) is 0 Å². The van der Waals surface area contributed by atoms with Crippen LogP contribution in [0.2, 0.25) is 0 Å². The van der Waals surface area contributed by atoms with E-state index < -0.39 is 0 Å². The van der Waals surface area contributed by atoms with Crippen molar-refractivity contribution in [2.45, 2.75) is 6.42 Å². The molecule has 0 unspecified atom stereocenters. The third kappa shape index (κ3) is 2.63. The van der Waals surface area contributed by atoms with Crippen LogP contribution in [0.3, 0.4) is 0 Å². The molecular weight excluding hydrogens is 254 g/mol. The molecule has 0 amide bonds. The first kappa shape index (κ1) is 11.9. The minimum atomic E-state index is 0.585. The number of benzene rings is 2. The molecule has 1 heterocycles. The summed E-state index contributed by atoms with van der Waals surface area (Å²) in [5.74, 6) is 1.30. The van der Waals surface area contributed by atoms with Gasteiger partial charge < -0.3 is 5.73 Å². The zero-order valence-electron chi connectivity index (χ0n) is 10.3. The summed E-state index contributed by atoms with van der Waals surface area (Å²) in [6.45, 7) is 0. The smallest absolute Gasteiger partial charge is 0.175 e. The van der Waals surface area contributed by atoms with Gasteiger partial charge in [0.15, 0.2) is 5.82 Å². The number of aliphatic imine (C=N–C) groups is 1. The number of hydrogen-bond donors (Lipinski definition) is 1. The first-order valence-corrected chi connectivity index (χ1v) is 6.81. The molecule has 0 aliphatic carbocycles. The molecule has 3 aromatic rings. The van der Waals surface area contributed by atoms with Crippen LogP contribution in [0.5, 0.6) is 0 Å². The Labute approximate surface area is 115 Å². The molecule has 0 saturated heterocycles. The predicted octanol–water partition coefficient (Wildman–Crippen LogP) is 3.53. The summed E-state index contributed by atoms with van der Waals surface area (Å²) >= 11 is 1.45. The highest BCUT2D eigenvalue weighted by molar-refractivity contribution is 7.13. The first-order chi connectivity index (χ1) is 9.33. The van der Waals surface area contributed by atoms with Gasteiger partial charge in [0.1, 0.15) is 5.84 Å². The molecular formula is C15H13N3S. The van der Waals surface area contributed by atoms with Crippen LogP contribution in [0, 0.1) is 0 Å². The van der Waals surface area contributed by atoms with Crippen molar-refractivity contribution in [2.75, 3.05) is 0 Å². The van der Waals surface area contributed by atoms with Crippen LogP contribution in [0.4, 0.5) is 5.82 Å². The summed E-state index contributed by atoms with van der Waals surface area (Å²) in [5.41, 5.74) is 7.16. The molecule has 0 fully saturated rings. The van der Waals surface area contributed by atoms with Gasteiger partial charge >= 0.3 is 0 Å². The van der Waals surface area contributed by atoms with Gasteiger partial charge in [0, 0.05) is 11.8 Å². The van der Waals surface area contributed by atoms with Gasteiger partial charge in [-0.1, -0.05) is 42.5 Å². The van der Waals surface area contributed by atoms with Crippen LogP contribution >= 0.6 is 11.5 Å². The highest BCUT2D eigenvalue weighted by atomic mass is 32.1. The lowest BCUT2D eigenvalue weighted by atomic mass is 10.1. The van der Waals surface area contributed by atoms with Crippen LogP contribution in [-0.4, -0.2) is 10.2 Å². The summed E-state index contributed by atoms with van der Waals surface area (Å²) in [7, 11) is 0. The third-order valence-electron chi connectivity index (χ3n) is 2.84. The fraction of sp³-hybridized carbons (Fsp3) is 0.0667. The topological polar surface area (TPSA) is 51.3 Å². The van der Waals surface area contributed by atoms with E-state index in [0.29, 0.717) is 18.1 Å². The highest BCUT2D eigenvalue weighted by Gasteiger charge is 2.05. The van der Waals surface area contributed by atoms with Crippen molar-refractivity contribution < 1.29 is 0 Å². The number of fused-ring (bicyclic) bond motifs is 1. The number of aromatic nitrogens is 1. The van der Waals surface area contributed by atoms with E-state index in [-0.39, 0.29) is 0 Å². The van der Waals surface area contributed by atoms with Crippen LogP contribution < -0.4 is 5.73 Å². The highest BCUT2D eigenvalue weighted by Crippen LogP contribution is 2.28. The molecule has 0 radical (unpaired) electrons. The maximum absolute atomic E-state index is 6.00. The second kappa shape index (κ2) is 5.20. The molecule has 94 valence electrons. The van der Waals surface area contributed by atoms with E-state index in [1.807, 2.05) is 54.6 Å². The Kier molecular flexibility index (Phi) is 3.25. The Hall–Kier alpha value is -2.20. The van der Waals surface area contributed by atoms with Gasteiger partial charge in [-0.05, 0) is 29.2 Å². The monoisotopic (exact) mass is 267 g/mol. The Morgan fingerprint density at radius 1 is 1.05 bits per heavy atom. The average molecular weight is 267 g/mol. The quantitative estimate of drug-likeness (QED) is 0.583. The minimum absolute atomic E-state index is 0.585. The average Bonchev–Trinajstić information content (AvgIpc) is 2.83. The van der Waals surface area contributed by atoms with Gasteiger partial charge in [-0.25, -0.2) is 4.99 Å². The fourth-order valence-electron chi connectivity index (χ4n) is 1.93. The maximum atomic E-state index is 6.00. The van der Waals surface area contributed by atoms with E-state index in [1.165, 1.54) is 11.5 Å². The SMILES string of the molecule is NC(Cc1ccccc1)=Nc1nsc2ccccc12. The van der Waals surface area contributed by atoms with E-state index in [0.717, 1.165) is 15.6 Å². The molecule has 0 saturated carbocycles. The van der Waals surface area contributed by atoms with Crippen molar-refractivity contribution in [3.05, 3.63) is 60.2 Å². The van der Waals surface area contributed by atoms with E-state index in [1.54, 1.807) is 0 Å². The Bertz CT molecular complexity index is 716. The van der Waals surface area contributed by atoms with Gasteiger partial charge in [0.25, 0.3) is 0 Å². The first-order valence-electron chi connectivity index (χ1n) is 6.04. The zero-order chi connectivity index (χ0) is 13.1. The normalized spacial score (nSPS) is 11.9. The molecule has 2 N–H and O–H groups in total. The van der Waals surface area contributed by atoms with Crippen molar-refractivity contribution in [1.29, 1.82) is 0 Å². The predicted molar refractivity (Wildman–Crippen MR) is 81.0 cm³/mol. The standard InChI is InChI=1S/C15H13N3S/c16-14(10-11-6-2-1-3-7-11)17-15-12-8-4-5-9-13(12)19-18-15/h1-9H,10H2,(H2,16,17,18). The molecule has 4 heteroatoms. The molecule has 0 spiro atoms. The van der Waals surface area contributed by atoms with Crippen LogP contribution in [0.25, 0.3) is 10.1 Å². The Morgan fingerprint density at radius 2 is 1.79 bits per heavy atom. The zero-order valence-corrected chi connectivity index (χ0v) is 11.1. The molecule has 19 heavy (non-hydrogen) atoms. The molecule has 0 aliphatic heterocycles. The molecule has 3 nitrogen and oxygen atoms in total. The summed E-state index contributed by atoms with van der Waals surface area (Å²) in [6.07, 6.45) is 0.646. The lowest BCUT2D eigenvalue weighted by Crippen LogP contribution is -2.14. The fourth-order valence-corrected chi connectivity index (χ4v) is 2.65. The van der Waals surface area contributed by atoms with Crippen molar-refractivity contribution in [3.8, 4) is 0 Å². The van der Waals surface area contributed by atoms with Gasteiger partial charge in [-0.3, -0.25) is 0 Å². The van der Waals surface area contributed by atoms with Gasteiger partial charge in [-0.15, -0.1) is 0 Å². The Balaban J connectivity index is 1.89. The van der Waals surface area contributed by atoms with Crippen molar-refractivity contribution >= 4 is 33.3 Å². The second-order valence-electron chi connectivity index (χ2n) is 4.27. The minimum Gasteiger partial charge on any atom is -0.387 e. The summed E-state index contributed by atoms with van der Waals surface area (Å²) in [6, 6.07) is 18.1. The van der Waals surface area contributed by atoms with Crippen LogP contribution in [0.1, 0.15) is 5.56 Å². The third-order valence-corrected chi connectivity index (χ3v) is 3.65. The van der Waals surface area contributed by atoms with Crippen LogP contribution in [0.15, 0.2) is 59.6 Å². The number of rotatable bonds is 3. The molecule has 0 aliphatic rings. The van der Waals surface area contributed by atoms with Crippen molar-refractivity contribution in [3.63, 3.8) is 0 Å². The summed E-state index contributed by atoms with van der Waals surface area (Å²) in [4.78, 5) is 4.44. The van der Waals surface area contributed by atoms with E-state index in [2.05, 4.69) is 9.37 Å². The number of nitrogens with zero attached hydrogens (tertiary/aromatic N) is 2. The Morgan fingerprint density at radius 3 is 2.63 bits per heavy atom. The molecule has 0 bridgehead atoms. The number of amidine groups is 1. The lowest BCUT2D eigenvalue weighted by Gasteiger charge is -2.00. The van der Waals surface area contributed by atoms with E-state index in [4.69, 9.17) is 5.73 Å². The van der Waals surface area contributed by atoms with E-state index >= 15 is 0 Å². The number of hydrogen-bond acceptors (Lipinski definition) is 3. The van der Waals surface area contributed by atoms with Gasteiger partial charge in [0.05, 0.1) is 4.70 Å². The second-order valence-corrected chi connectivity index (χ2v) is 5.07. The van der Waals surface area contributed by atoms with Crippen molar-refractivity contribution in [2.24, 2.45) is 10.7 Å². The number of nitrogens with two attached hydrogens (primary N) is 1. The van der Waals surface area contributed by atoms with Gasteiger partial charge in [-0.2, -0.15) is 4.37 Å². The molecule has 2 aromatic carbocycles. The largest absolute Gasteiger partial charge is 0.387 e. The van der Waals surface area contributed by atoms with Gasteiger partial charge in [0.2, 0.25) is 0 Å². The maximum Gasteiger partial charge on any atom is 0.175 e.